The first kappa shape index (κ1) is 20.9. The van der Waals surface area contributed by atoms with Crippen LogP contribution in [0.5, 0.6) is 5.75 Å². The highest BCUT2D eigenvalue weighted by Crippen LogP contribution is 2.23. The number of phenolic OH excluding ortho intramolecular Hbond substituents is 1. The highest BCUT2D eigenvalue weighted by atomic mass is 32.2. The molecule has 8 heteroatoms. The molecule has 0 spiro atoms. The predicted molar refractivity (Wildman–Crippen MR) is 111 cm³/mol. The summed E-state index contributed by atoms with van der Waals surface area (Å²) in [4.78, 5) is 17.4. The number of unbranched alkanes of at least 4 members (excludes halogenated alkanes) is 1. The molecule has 1 heterocycles. The molecule has 0 saturated carbocycles. The monoisotopic (exact) mass is 415 g/mol. The number of carbonyl (C=O) groups is 1. The van der Waals surface area contributed by atoms with E-state index >= 15 is 0 Å². The molecule has 3 rings (SSSR count). The van der Waals surface area contributed by atoms with E-state index in [1.807, 2.05) is 6.92 Å². The normalized spacial score (nSPS) is 16.8. The molecule has 0 bridgehead atoms. The third kappa shape index (κ3) is 5.14. The van der Waals surface area contributed by atoms with Crippen molar-refractivity contribution in [3.63, 3.8) is 0 Å². The van der Waals surface area contributed by atoms with Crippen molar-refractivity contribution >= 4 is 21.8 Å². The van der Waals surface area contributed by atoms with Gasteiger partial charge >= 0.3 is 0 Å². The highest BCUT2D eigenvalue weighted by Gasteiger charge is 2.31. The number of amidine groups is 1. The molecule has 0 aliphatic carbocycles. The minimum Gasteiger partial charge on any atom is -0.508 e. The molecule has 0 aromatic heterocycles. The maximum atomic E-state index is 12.7. The Morgan fingerprint density at radius 3 is 2.62 bits per heavy atom. The van der Waals surface area contributed by atoms with Gasteiger partial charge in [0.15, 0.2) is 0 Å². The first-order valence-corrected chi connectivity index (χ1v) is 11.1. The van der Waals surface area contributed by atoms with Gasteiger partial charge in [0.05, 0.1) is 4.90 Å². The number of aromatic hydroxyl groups is 1. The summed E-state index contributed by atoms with van der Waals surface area (Å²) in [6.07, 6.45) is 2.87. The molecule has 1 aliphatic rings. The Bertz CT molecular complexity index is 1000. The minimum absolute atomic E-state index is 0.181. The van der Waals surface area contributed by atoms with Crippen molar-refractivity contribution in [3.05, 3.63) is 59.7 Å². The zero-order valence-electron chi connectivity index (χ0n) is 16.3. The van der Waals surface area contributed by atoms with Gasteiger partial charge in [0.25, 0.3) is 10.0 Å². The van der Waals surface area contributed by atoms with E-state index in [1.54, 1.807) is 42.5 Å². The number of amides is 1. The van der Waals surface area contributed by atoms with Gasteiger partial charge in [-0.15, -0.1) is 0 Å². The largest absolute Gasteiger partial charge is 0.508 e. The molecular weight excluding hydrogens is 390 g/mol. The van der Waals surface area contributed by atoms with Crippen LogP contribution in [0.2, 0.25) is 0 Å². The number of carbonyl (C=O) groups excluding carboxylic acids is 1. The van der Waals surface area contributed by atoms with Crippen LogP contribution >= 0.6 is 0 Å². The fourth-order valence-electron chi connectivity index (χ4n) is 3.15. The number of phenols is 1. The summed E-state index contributed by atoms with van der Waals surface area (Å²) < 4.78 is 27.0. The van der Waals surface area contributed by atoms with E-state index < -0.39 is 16.1 Å². The SMILES string of the molecule is CCCC[C@@H](N=C1NS(=O)(=O)c2ccccc21)C(=O)NCCc1ccc(O)cc1. The van der Waals surface area contributed by atoms with Crippen LogP contribution in [-0.4, -0.2) is 37.9 Å². The van der Waals surface area contributed by atoms with Crippen molar-refractivity contribution in [1.29, 1.82) is 0 Å². The van der Waals surface area contributed by atoms with Crippen LogP contribution in [0.1, 0.15) is 37.3 Å². The Balaban J connectivity index is 1.71. The third-order valence-electron chi connectivity index (χ3n) is 4.73. The second kappa shape index (κ2) is 9.09. The first-order valence-electron chi connectivity index (χ1n) is 9.66. The molecule has 154 valence electrons. The van der Waals surface area contributed by atoms with E-state index in [9.17, 15) is 18.3 Å². The summed E-state index contributed by atoms with van der Waals surface area (Å²) >= 11 is 0. The number of hydrogen-bond acceptors (Lipinski definition) is 5. The van der Waals surface area contributed by atoms with Crippen molar-refractivity contribution in [3.8, 4) is 5.75 Å². The van der Waals surface area contributed by atoms with E-state index in [-0.39, 0.29) is 22.4 Å². The molecule has 29 heavy (non-hydrogen) atoms. The molecular formula is C21H25N3O4S. The number of hydrogen-bond donors (Lipinski definition) is 3. The number of fused-ring (bicyclic) bond motifs is 1. The Kier molecular flexibility index (Phi) is 6.53. The Morgan fingerprint density at radius 1 is 1.17 bits per heavy atom. The van der Waals surface area contributed by atoms with Crippen molar-refractivity contribution in [2.75, 3.05) is 6.54 Å². The van der Waals surface area contributed by atoms with Gasteiger partial charge in [-0.25, -0.2) is 8.42 Å². The zero-order valence-corrected chi connectivity index (χ0v) is 17.1. The van der Waals surface area contributed by atoms with Crippen LogP contribution in [0.15, 0.2) is 58.4 Å². The molecule has 0 radical (unpaired) electrons. The summed E-state index contributed by atoms with van der Waals surface area (Å²) in [5.74, 6) is 0.191. The topological polar surface area (TPSA) is 108 Å². The Labute approximate surface area is 170 Å². The quantitative estimate of drug-likeness (QED) is 0.615. The van der Waals surface area contributed by atoms with Gasteiger partial charge in [0.2, 0.25) is 5.91 Å². The van der Waals surface area contributed by atoms with Crippen LogP contribution in [0.4, 0.5) is 0 Å². The Hall–Kier alpha value is -2.87. The molecule has 1 atom stereocenters. The number of rotatable bonds is 8. The van der Waals surface area contributed by atoms with Gasteiger partial charge in [-0.05, 0) is 42.7 Å². The molecule has 1 aliphatic heterocycles. The first-order chi connectivity index (χ1) is 13.9. The van der Waals surface area contributed by atoms with Crippen molar-refractivity contribution in [2.45, 2.75) is 43.5 Å². The van der Waals surface area contributed by atoms with Crippen LogP contribution in [0, 0.1) is 0 Å². The Morgan fingerprint density at radius 2 is 1.90 bits per heavy atom. The predicted octanol–water partition coefficient (Wildman–Crippen LogP) is 2.35. The van der Waals surface area contributed by atoms with Crippen molar-refractivity contribution in [1.82, 2.24) is 10.0 Å². The number of aliphatic imine (C=N–C) groups is 1. The van der Waals surface area contributed by atoms with Gasteiger partial charge in [-0.2, -0.15) is 0 Å². The van der Waals surface area contributed by atoms with Crippen molar-refractivity contribution < 1.29 is 18.3 Å². The van der Waals surface area contributed by atoms with Crippen LogP contribution in [0.25, 0.3) is 0 Å². The maximum Gasteiger partial charge on any atom is 0.263 e. The lowest BCUT2D eigenvalue weighted by atomic mass is 10.1. The van der Waals surface area contributed by atoms with Crippen LogP contribution < -0.4 is 10.0 Å². The van der Waals surface area contributed by atoms with E-state index in [2.05, 4.69) is 15.0 Å². The minimum atomic E-state index is -3.64. The van der Waals surface area contributed by atoms with E-state index in [0.717, 1.165) is 18.4 Å². The summed E-state index contributed by atoms with van der Waals surface area (Å²) in [5.41, 5.74) is 1.49. The van der Waals surface area contributed by atoms with Gasteiger partial charge < -0.3 is 10.4 Å². The standard InChI is InChI=1S/C21H25N3O4S/c1-2-3-7-18(21(26)22-14-13-15-9-11-16(25)12-10-15)23-20-17-6-4-5-8-19(17)29(27,28)24-20/h4-6,8-12,18,25H,2-3,7,13-14H2,1H3,(H,22,26)(H,23,24)/t18-/m1/s1. The number of nitrogens with one attached hydrogen (secondary N) is 2. The molecule has 1 amide bonds. The van der Waals surface area contributed by atoms with Gasteiger partial charge in [-0.3, -0.25) is 14.5 Å². The summed E-state index contributed by atoms with van der Waals surface area (Å²) in [6, 6.07) is 12.8. The lowest BCUT2D eigenvalue weighted by molar-refractivity contribution is -0.122. The number of benzene rings is 2. The van der Waals surface area contributed by atoms with E-state index in [1.165, 1.54) is 6.07 Å². The van der Waals surface area contributed by atoms with Crippen LogP contribution in [-0.2, 0) is 21.2 Å². The molecule has 0 fully saturated rings. The second-order valence-electron chi connectivity index (χ2n) is 6.94. The molecule has 0 unspecified atom stereocenters. The average Bonchev–Trinajstić information content (AvgIpc) is 2.97. The van der Waals surface area contributed by atoms with E-state index in [4.69, 9.17) is 0 Å². The smallest absolute Gasteiger partial charge is 0.263 e. The van der Waals surface area contributed by atoms with Crippen molar-refractivity contribution in [2.24, 2.45) is 4.99 Å². The molecule has 3 N–H and O–H groups in total. The zero-order chi connectivity index (χ0) is 20.9. The lowest BCUT2D eigenvalue weighted by Gasteiger charge is -2.14. The van der Waals surface area contributed by atoms with Crippen LogP contribution in [0.3, 0.4) is 0 Å². The summed E-state index contributed by atoms with van der Waals surface area (Å²) in [6.45, 7) is 2.46. The van der Waals surface area contributed by atoms with E-state index in [0.29, 0.717) is 24.9 Å². The number of sulfonamides is 1. The highest BCUT2D eigenvalue weighted by molar-refractivity contribution is 7.90. The molecule has 7 nitrogen and oxygen atoms in total. The third-order valence-corrected chi connectivity index (χ3v) is 6.13. The van der Waals surface area contributed by atoms with Gasteiger partial charge in [0.1, 0.15) is 17.6 Å². The summed E-state index contributed by atoms with van der Waals surface area (Å²) in [7, 11) is -3.64. The molecule has 2 aromatic carbocycles. The molecule has 2 aromatic rings. The molecule has 0 saturated heterocycles. The second-order valence-corrected chi connectivity index (χ2v) is 8.60. The fourth-order valence-corrected chi connectivity index (χ4v) is 4.39. The fraction of sp³-hybridized carbons (Fsp3) is 0.333. The lowest BCUT2D eigenvalue weighted by Crippen LogP contribution is -2.36. The maximum absolute atomic E-state index is 12.7. The van der Waals surface area contributed by atoms with Gasteiger partial charge in [0, 0.05) is 12.1 Å². The summed E-state index contributed by atoms with van der Waals surface area (Å²) in [5, 5.41) is 12.2. The number of nitrogens with zero attached hydrogens (tertiary/aromatic N) is 1. The average molecular weight is 416 g/mol. The van der Waals surface area contributed by atoms with Gasteiger partial charge in [-0.1, -0.05) is 44.0 Å².